The molecule has 5 rings (SSSR count). The highest BCUT2D eigenvalue weighted by Gasteiger charge is 2.34. The summed E-state index contributed by atoms with van der Waals surface area (Å²) in [4.78, 5) is 15.8. The number of anilines is 1. The van der Waals surface area contributed by atoms with Crippen molar-refractivity contribution in [3.05, 3.63) is 47.2 Å². The van der Waals surface area contributed by atoms with Gasteiger partial charge in [0.1, 0.15) is 12.1 Å². The van der Waals surface area contributed by atoms with Crippen LogP contribution in [0.15, 0.2) is 29.5 Å². The number of benzene rings is 1. The van der Waals surface area contributed by atoms with Crippen LogP contribution in [0, 0.1) is 5.82 Å². The molecule has 0 N–H and O–H groups in total. The van der Waals surface area contributed by atoms with Gasteiger partial charge in [-0.05, 0) is 44.4 Å². The molecule has 6 nitrogen and oxygen atoms in total. The Morgan fingerprint density at radius 3 is 2.68 bits per heavy atom. The number of aromatic nitrogens is 2. The molecule has 2 unspecified atom stereocenters. The van der Waals surface area contributed by atoms with Crippen molar-refractivity contribution >= 4 is 11.5 Å². The van der Waals surface area contributed by atoms with Gasteiger partial charge in [-0.25, -0.2) is 14.4 Å². The van der Waals surface area contributed by atoms with E-state index in [0.717, 1.165) is 54.3 Å². The SMILES string of the molecule is CC(C)Oc1cc2c(cc1F)CN=C2c1cc(N2CC3CCC(C2)O3)ncn1. The maximum absolute atomic E-state index is 14.3. The third kappa shape index (κ3) is 3.13. The first kappa shape index (κ1) is 17.6. The quantitative estimate of drug-likeness (QED) is 0.813. The van der Waals surface area contributed by atoms with E-state index in [2.05, 4.69) is 19.9 Å². The molecule has 1 aromatic carbocycles. The summed E-state index contributed by atoms with van der Waals surface area (Å²) in [6, 6.07) is 5.24. The molecule has 0 aliphatic carbocycles. The number of rotatable bonds is 4. The Bertz CT molecular complexity index is 934. The monoisotopic (exact) mass is 382 g/mol. The predicted octanol–water partition coefficient (Wildman–Crippen LogP) is 3.12. The molecular weight excluding hydrogens is 359 g/mol. The van der Waals surface area contributed by atoms with Crippen LogP contribution in [0.3, 0.4) is 0 Å². The summed E-state index contributed by atoms with van der Waals surface area (Å²) in [5.41, 5.74) is 3.25. The number of fused-ring (bicyclic) bond motifs is 3. The summed E-state index contributed by atoms with van der Waals surface area (Å²) in [5.74, 6) is 0.792. The molecule has 4 heterocycles. The topological polar surface area (TPSA) is 59.8 Å². The molecule has 28 heavy (non-hydrogen) atoms. The van der Waals surface area contributed by atoms with Gasteiger partial charge in [-0.15, -0.1) is 0 Å². The van der Waals surface area contributed by atoms with Crippen molar-refractivity contribution in [2.24, 2.45) is 4.99 Å². The molecule has 0 radical (unpaired) electrons. The Morgan fingerprint density at radius 1 is 1.14 bits per heavy atom. The fourth-order valence-corrected chi connectivity index (χ4v) is 4.21. The van der Waals surface area contributed by atoms with Crippen LogP contribution in [-0.4, -0.2) is 47.1 Å². The second-order valence-corrected chi connectivity index (χ2v) is 7.90. The minimum absolute atomic E-state index is 0.100. The lowest BCUT2D eigenvalue weighted by Gasteiger charge is -2.33. The van der Waals surface area contributed by atoms with Gasteiger partial charge in [0.15, 0.2) is 11.6 Å². The molecule has 1 aromatic heterocycles. The third-order valence-corrected chi connectivity index (χ3v) is 5.45. The molecule has 0 spiro atoms. The van der Waals surface area contributed by atoms with Gasteiger partial charge in [-0.1, -0.05) is 0 Å². The summed E-state index contributed by atoms with van der Waals surface area (Å²) in [6.07, 6.45) is 4.29. The average Bonchev–Trinajstić information content (AvgIpc) is 3.24. The molecule has 2 atom stereocenters. The standard InChI is InChI=1S/C21H23FN4O2/c1-12(2)27-19-6-16-13(5-17(19)22)8-23-21(16)18-7-20(25-11-24-18)26-9-14-3-4-15(10-26)28-14/h5-7,11-12,14-15H,3-4,8-10H2,1-2H3. The van der Waals surface area contributed by atoms with Gasteiger partial charge in [0.25, 0.3) is 0 Å². The van der Waals surface area contributed by atoms with Gasteiger partial charge in [-0.3, -0.25) is 4.99 Å². The maximum Gasteiger partial charge on any atom is 0.165 e. The normalized spacial score (nSPS) is 23.1. The van der Waals surface area contributed by atoms with Crippen LogP contribution in [0.25, 0.3) is 0 Å². The summed E-state index contributed by atoms with van der Waals surface area (Å²) in [5, 5.41) is 0. The van der Waals surface area contributed by atoms with Crippen LogP contribution in [0.1, 0.15) is 43.5 Å². The number of morpholine rings is 1. The Balaban J connectivity index is 1.45. The molecule has 2 aromatic rings. The molecule has 2 fully saturated rings. The minimum Gasteiger partial charge on any atom is -0.488 e. The lowest BCUT2D eigenvalue weighted by Crippen LogP contribution is -2.43. The Kier molecular flexibility index (Phi) is 4.27. The van der Waals surface area contributed by atoms with E-state index in [1.807, 2.05) is 19.9 Å². The Hall–Kier alpha value is -2.54. The first-order valence-corrected chi connectivity index (χ1v) is 9.83. The van der Waals surface area contributed by atoms with Crippen LogP contribution in [0.4, 0.5) is 10.2 Å². The number of nitrogens with zero attached hydrogens (tertiary/aromatic N) is 4. The molecule has 7 heteroatoms. The van der Waals surface area contributed by atoms with E-state index < -0.39 is 0 Å². The van der Waals surface area contributed by atoms with Crippen molar-refractivity contribution in [1.82, 2.24) is 9.97 Å². The fourth-order valence-electron chi connectivity index (χ4n) is 4.21. The largest absolute Gasteiger partial charge is 0.488 e. The molecule has 0 amide bonds. The van der Waals surface area contributed by atoms with Crippen molar-refractivity contribution < 1.29 is 13.9 Å². The number of hydrogen-bond donors (Lipinski definition) is 0. The average molecular weight is 382 g/mol. The van der Waals surface area contributed by atoms with E-state index >= 15 is 0 Å². The third-order valence-electron chi connectivity index (χ3n) is 5.45. The minimum atomic E-state index is -0.351. The molecular formula is C21H23FN4O2. The first-order valence-electron chi connectivity index (χ1n) is 9.83. The summed E-state index contributed by atoms with van der Waals surface area (Å²) in [7, 11) is 0. The highest BCUT2D eigenvalue weighted by atomic mass is 19.1. The van der Waals surface area contributed by atoms with Crippen LogP contribution >= 0.6 is 0 Å². The van der Waals surface area contributed by atoms with Crippen LogP contribution < -0.4 is 9.64 Å². The van der Waals surface area contributed by atoms with Gasteiger partial charge in [0.2, 0.25) is 0 Å². The number of hydrogen-bond acceptors (Lipinski definition) is 6. The summed E-state index contributed by atoms with van der Waals surface area (Å²) >= 11 is 0. The maximum atomic E-state index is 14.3. The highest BCUT2D eigenvalue weighted by Crippen LogP contribution is 2.32. The van der Waals surface area contributed by atoms with E-state index in [0.29, 0.717) is 18.8 Å². The van der Waals surface area contributed by atoms with Crippen molar-refractivity contribution in [2.75, 3.05) is 18.0 Å². The molecule has 2 saturated heterocycles. The van der Waals surface area contributed by atoms with E-state index in [-0.39, 0.29) is 17.7 Å². The first-order chi connectivity index (χ1) is 13.6. The molecule has 0 saturated carbocycles. The predicted molar refractivity (Wildman–Crippen MR) is 104 cm³/mol. The lowest BCUT2D eigenvalue weighted by molar-refractivity contribution is 0.0302. The van der Waals surface area contributed by atoms with Gasteiger partial charge >= 0.3 is 0 Å². The molecule has 3 aliphatic heterocycles. The number of halogens is 1. The van der Waals surface area contributed by atoms with E-state index in [9.17, 15) is 4.39 Å². The zero-order valence-electron chi connectivity index (χ0n) is 16.1. The van der Waals surface area contributed by atoms with Crippen molar-refractivity contribution in [3.63, 3.8) is 0 Å². The molecule has 146 valence electrons. The van der Waals surface area contributed by atoms with Crippen molar-refractivity contribution in [3.8, 4) is 5.75 Å². The van der Waals surface area contributed by atoms with Gasteiger partial charge in [0.05, 0.1) is 36.3 Å². The number of ether oxygens (including phenoxy) is 2. The smallest absolute Gasteiger partial charge is 0.165 e. The second kappa shape index (κ2) is 6.81. The fraction of sp³-hybridized carbons (Fsp3) is 0.476. The van der Waals surface area contributed by atoms with Gasteiger partial charge in [0, 0.05) is 24.7 Å². The van der Waals surface area contributed by atoms with Gasteiger partial charge in [-0.2, -0.15) is 0 Å². The van der Waals surface area contributed by atoms with Crippen LogP contribution in [0.5, 0.6) is 5.75 Å². The number of aliphatic imine (C=N–C) groups is 1. The lowest BCUT2D eigenvalue weighted by atomic mass is 10.0. The van der Waals surface area contributed by atoms with E-state index in [4.69, 9.17) is 9.47 Å². The molecule has 2 bridgehead atoms. The van der Waals surface area contributed by atoms with E-state index in [1.54, 1.807) is 12.4 Å². The second-order valence-electron chi connectivity index (χ2n) is 7.90. The van der Waals surface area contributed by atoms with Gasteiger partial charge < -0.3 is 14.4 Å². The molecule has 3 aliphatic rings. The zero-order valence-corrected chi connectivity index (χ0v) is 16.1. The van der Waals surface area contributed by atoms with Crippen LogP contribution in [-0.2, 0) is 11.3 Å². The summed E-state index contributed by atoms with van der Waals surface area (Å²) in [6.45, 7) is 5.92. The Labute approximate surface area is 163 Å². The zero-order chi connectivity index (χ0) is 19.3. The van der Waals surface area contributed by atoms with Crippen molar-refractivity contribution in [2.45, 2.75) is 51.5 Å². The van der Waals surface area contributed by atoms with E-state index in [1.165, 1.54) is 6.07 Å². The summed E-state index contributed by atoms with van der Waals surface area (Å²) < 4.78 is 25.8. The Morgan fingerprint density at radius 2 is 1.93 bits per heavy atom. The van der Waals surface area contributed by atoms with Crippen LogP contribution in [0.2, 0.25) is 0 Å². The highest BCUT2D eigenvalue weighted by molar-refractivity contribution is 6.14. The van der Waals surface area contributed by atoms with Crippen molar-refractivity contribution in [1.29, 1.82) is 0 Å².